The van der Waals surface area contributed by atoms with Crippen molar-refractivity contribution in [3.63, 3.8) is 0 Å². The minimum absolute atomic E-state index is 0.0516. The maximum absolute atomic E-state index is 12.0. The van der Waals surface area contributed by atoms with Crippen LogP contribution in [-0.2, 0) is 22.7 Å². The van der Waals surface area contributed by atoms with Crippen molar-refractivity contribution in [1.82, 2.24) is 10.2 Å². The Morgan fingerprint density at radius 3 is 3.05 bits per heavy atom. The molecule has 2 aliphatic rings. The van der Waals surface area contributed by atoms with E-state index in [2.05, 4.69) is 10.2 Å². The topological polar surface area (TPSA) is 76.8 Å². The summed E-state index contributed by atoms with van der Waals surface area (Å²) in [7, 11) is 0. The van der Waals surface area contributed by atoms with Crippen LogP contribution in [0.25, 0.3) is 0 Å². The highest BCUT2D eigenvalue weighted by Crippen LogP contribution is 2.33. The van der Waals surface area contributed by atoms with Gasteiger partial charge in [-0.1, -0.05) is 0 Å². The number of anilines is 1. The number of fused-ring (bicyclic) bond motifs is 1. The Hall–Kier alpha value is -1.79. The lowest BCUT2D eigenvalue weighted by molar-refractivity contribution is -0.135. The van der Waals surface area contributed by atoms with Gasteiger partial charge in [0.15, 0.2) is 6.79 Å². The number of nitrogen functional groups attached to an aromatic ring is 1. The number of hydrogen-bond acceptors (Lipinski definition) is 5. The predicted molar refractivity (Wildman–Crippen MR) is 78.6 cm³/mol. The molecule has 1 aromatic rings. The zero-order chi connectivity index (χ0) is 15.0. The zero-order valence-electron chi connectivity index (χ0n) is 12.4. The molecule has 1 amide bonds. The number of ether oxygens (including phenoxy) is 2. The van der Waals surface area contributed by atoms with Crippen LogP contribution in [0.4, 0.5) is 5.69 Å². The van der Waals surface area contributed by atoms with Crippen LogP contribution in [0.3, 0.4) is 0 Å². The molecule has 6 nitrogen and oxygen atoms in total. The molecule has 3 rings (SSSR count). The third-order valence-corrected chi connectivity index (χ3v) is 4.18. The Morgan fingerprint density at radius 1 is 1.43 bits per heavy atom. The van der Waals surface area contributed by atoms with Crippen LogP contribution in [-0.4, -0.2) is 36.2 Å². The molecule has 21 heavy (non-hydrogen) atoms. The number of hydrogen-bond donors (Lipinski definition) is 2. The highest BCUT2D eigenvalue weighted by atomic mass is 16.7. The molecule has 0 aromatic heterocycles. The standard InChI is InChI=1S/C15H21N3O3/c1-15(2)14(19)17-3-4-18(15)7-10-5-12(16)6-11-8-20-9-21-13(10)11/h5-6H,3-4,7-9,16H2,1-2H3,(H,17,19). The number of nitrogens with one attached hydrogen (secondary N) is 1. The second-order valence-corrected chi connectivity index (χ2v) is 6.02. The summed E-state index contributed by atoms with van der Waals surface area (Å²) in [6, 6.07) is 3.80. The minimum Gasteiger partial charge on any atom is -0.467 e. The minimum atomic E-state index is -0.541. The Morgan fingerprint density at radius 2 is 2.24 bits per heavy atom. The van der Waals surface area contributed by atoms with Gasteiger partial charge in [0, 0.05) is 36.4 Å². The van der Waals surface area contributed by atoms with E-state index in [9.17, 15) is 4.79 Å². The monoisotopic (exact) mass is 291 g/mol. The van der Waals surface area contributed by atoms with Crippen molar-refractivity contribution in [2.24, 2.45) is 0 Å². The number of amides is 1. The third-order valence-electron chi connectivity index (χ3n) is 4.18. The maximum atomic E-state index is 12.0. The molecule has 1 saturated heterocycles. The van der Waals surface area contributed by atoms with Crippen LogP contribution < -0.4 is 15.8 Å². The van der Waals surface area contributed by atoms with Crippen molar-refractivity contribution in [2.45, 2.75) is 32.5 Å². The fraction of sp³-hybridized carbons (Fsp3) is 0.533. The van der Waals surface area contributed by atoms with Crippen molar-refractivity contribution < 1.29 is 14.3 Å². The van der Waals surface area contributed by atoms with Gasteiger partial charge in [0.25, 0.3) is 0 Å². The summed E-state index contributed by atoms with van der Waals surface area (Å²) in [6.07, 6.45) is 0. The molecule has 0 atom stereocenters. The Balaban J connectivity index is 1.91. The Kier molecular flexibility index (Phi) is 3.51. The van der Waals surface area contributed by atoms with Crippen molar-refractivity contribution in [3.8, 4) is 5.75 Å². The fourth-order valence-electron chi connectivity index (χ4n) is 2.87. The van der Waals surface area contributed by atoms with Crippen LogP contribution >= 0.6 is 0 Å². The van der Waals surface area contributed by atoms with Gasteiger partial charge in [0.2, 0.25) is 5.91 Å². The number of nitrogens with two attached hydrogens (primary N) is 1. The van der Waals surface area contributed by atoms with Gasteiger partial charge in [0.05, 0.1) is 12.1 Å². The highest BCUT2D eigenvalue weighted by molar-refractivity contribution is 5.86. The van der Waals surface area contributed by atoms with Crippen LogP contribution in [0, 0.1) is 0 Å². The van der Waals surface area contributed by atoms with Crippen molar-refractivity contribution in [3.05, 3.63) is 23.3 Å². The Labute approximate surface area is 124 Å². The number of carbonyl (C=O) groups is 1. The number of nitrogens with zero attached hydrogens (tertiary/aromatic N) is 1. The molecule has 3 N–H and O–H groups in total. The lowest BCUT2D eigenvalue weighted by Crippen LogP contribution is -2.61. The molecule has 1 fully saturated rings. The van der Waals surface area contributed by atoms with Gasteiger partial charge >= 0.3 is 0 Å². The SMILES string of the molecule is CC1(C)C(=O)NCCN1Cc1cc(N)cc2c1OCOC2. The quantitative estimate of drug-likeness (QED) is 0.790. The average Bonchev–Trinajstić information content (AvgIpc) is 2.44. The maximum Gasteiger partial charge on any atom is 0.240 e. The fourth-order valence-corrected chi connectivity index (χ4v) is 2.87. The number of rotatable bonds is 2. The van der Waals surface area contributed by atoms with E-state index in [0.29, 0.717) is 25.4 Å². The lowest BCUT2D eigenvalue weighted by atomic mass is 9.97. The number of piperazine rings is 1. The molecule has 2 heterocycles. The predicted octanol–water partition coefficient (Wildman–Crippen LogP) is 0.846. The van der Waals surface area contributed by atoms with Gasteiger partial charge in [-0.3, -0.25) is 9.69 Å². The smallest absolute Gasteiger partial charge is 0.240 e. The molecule has 0 bridgehead atoms. The largest absolute Gasteiger partial charge is 0.467 e. The molecule has 6 heteroatoms. The molecule has 0 radical (unpaired) electrons. The summed E-state index contributed by atoms with van der Waals surface area (Å²) >= 11 is 0. The van der Waals surface area contributed by atoms with E-state index < -0.39 is 5.54 Å². The van der Waals surface area contributed by atoms with Crippen LogP contribution in [0.1, 0.15) is 25.0 Å². The van der Waals surface area contributed by atoms with Crippen molar-refractivity contribution in [1.29, 1.82) is 0 Å². The van der Waals surface area contributed by atoms with Crippen LogP contribution in [0.15, 0.2) is 12.1 Å². The molecule has 0 spiro atoms. The van der Waals surface area contributed by atoms with Gasteiger partial charge in [0.1, 0.15) is 5.75 Å². The van der Waals surface area contributed by atoms with E-state index in [-0.39, 0.29) is 12.7 Å². The van der Waals surface area contributed by atoms with Gasteiger partial charge in [-0.2, -0.15) is 0 Å². The molecular weight excluding hydrogens is 270 g/mol. The van der Waals surface area contributed by atoms with E-state index in [0.717, 1.165) is 23.4 Å². The zero-order valence-corrected chi connectivity index (χ0v) is 12.4. The van der Waals surface area contributed by atoms with Gasteiger partial charge in [-0.15, -0.1) is 0 Å². The molecule has 114 valence electrons. The van der Waals surface area contributed by atoms with Gasteiger partial charge in [-0.25, -0.2) is 0 Å². The normalized spacial score (nSPS) is 21.3. The summed E-state index contributed by atoms with van der Waals surface area (Å²) in [5.74, 6) is 0.896. The molecule has 2 aliphatic heterocycles. The summed E-state index contributed by atoms with van der Waals surface area (Å²) in [6.45, 7) is 6.74. The van der Waals surface area contributed by atoms with Gasteiger partial charge < -0.3 is 20.5 Å². The van der Waals surface area contributed by atoms with E-state index in [1.54, 1.807) is 0 Å². The summed E-state index contributed by atoms with van der Waals surface area (Å²) in [4.78, 5) is 14.2. The van der Waals surface area contributed by atoms with E-state index in [1.807, 2.05) is 26.0 Å². The first-order valence-electron chi connectivity index (χ1n) is 7.13. The Bertz CT molecular complexity index is 572. The first-order chi connectivity index (χ1) is 9.98. The molecule has 1 aromatic carbocycles. The first-order valence-corrected chi connectivity index (χ1v) is 7.13. The third kappa shape index (κ3) is 2.56. The van der Waals surface area contributed by atoms with E-state index in [1.165, 1.54) is 0 Å². The summed E-state index contributed by atoms with van der Waals surface area (Å²) in [5, 5.41) is 2.91. The van der Waals surface area contributed by atoms with E-state index >= 15 is 0 Å². The van der Waals surface area contributed by atoms with Crippen molar-refractivity contribution >= 4 is 11.6 Å². The molecular formula is C15H21N3O3. The molecule has 0 unspecified atom stereocenters. The van der Waals surface area contributed by atoms with Gasteiger partial charge in [-0.05, 0) is 26.0 Å². The van der Waals surface area contributed by atoms with Crippen molar-refractivity contribution in [2.75, 3.05) is 25.6 Å². The highest BCUT2D eigenvalue weighted by Gasteiger charge is 2.38. The average molecular weight is 291 g/mol. The second kappa shape index (κ2) is 5.20. The number of benzene rings is 1. The number of carbonyl (C=O) groups excluding carboxylic acids is 1. The van der Waals surface area contributed by atoms with Crippen LogP contribution in [0.2, 0.25) is 0 Å². The van der Waals surface area contributed by atoms with E-state index in [4.69, 9.17) is 15.2 Å². The summed E-state index contributed by atoms with van der Waals surface area (Å²) in [5.41, 5.74) is 8.10. The second-order valence-electron chi connectivity index (χ2n) is 6.02. The molecule has 0 saturated carbocycles. The molecule has 0 aliphatic carbocycles. The lowest BCUT2D eigenvalue weighted by Gasteiger charge is -2.41. The summed E-state index contributed by atoms with van der Waals surface area (Å²) < 4.78 is 10.9. The first kappa shape index (κ1) is 14.2. The van der Waals surface area contributed by atoms with Crippen LogP contribution in [0.5, 0.6) is 5.75 Å².